The summed E-state index contributed by atoms with van der Waals surface area (Å²) in [5.74, 6) is 0.919. The van der Waals surface area contributed by atoms with Gasteiger partial charge in [0.05, 0.1) is 6.10 Å². The van der Waals surface area contributed by atoms with Gasteiger partial charge >= 0.3 is 0 Å². The van der Waals surface area contributed by atoms with Gasteiger partial charge in [-0.25, -0.2) is 0 Å². The molecule has 0 aromatic carbocycles. The van der Waals surface area contributed by atoms with E-state index in [1.54, 1.807) is 11.3 Å². The van der Waals surface area contributed by atoms with E-state index in [1.165, 1.54) is 17.7 Å². The second-order valence-corrected chi connectivity index (χ2v) is 5.97. The minimum Gasteiger partial charge on any atom is -0.378 e. The molecule has 1 aromatic rings. The number of aliphatic imine (C=N–C) groups is 1. The number of nitrogens with zero attached hydrogens (tertiary/aromatic N) is 1. The van der Waals surface area contributed by atoms with Crippen LogP contribution in [0, 0.1) is 0 Å². The lowest BCUT2D eigenvalue weighted by atomic mass is 10.2. The van der Waals surface area contributed by atoms with Crippen molar-refractivity contribution >= 4 is 17.3 Å². The lowest BCUT2D eigenvalue weighted by molar-refractivity contribution is 0.106. The topological polar surface area (TPSA) is 45.7 Å². The largest absolute Gasteiger partial charge is 0.378 e. The predicted octanol–water partition coefficient (Wildman–Crippen LogP) is 2.41. The van der Waals surface area contributed by atoms with Crippen LogP contribution in [0.5, 0.6) is 0 Å². The Morgan fingerprint density at radius 2 is 2.45 bits per heavy atom. The molecule has 2 heterocycles. The van der Waals surface area contributed by atoms with Crippen molar-refractivity contribution in [2.24, 2.45) is 4.99 Å². The number of hydrogen-bond acceptors (Lipinski definition) is 3. The fourth-order valence-electron chi connectivity index (χ4n) is 2.29. The van der Waals surface area contributed by atoms with Gasteiger partial charge in [-0.3, -0.25) is 4.99 Å². The fourth-order valence-corrected chi connectivity index (χ4v) is 3.00. The first kappa shape index (κ1) is 15.3. The van der Waals surface area contributed by atoms with Crippen LogP contribution in [0.3, 0.4) is 0 Å². The van der Waals surface area contributed by atoms with Crippen molar-refractivity contribution in [1.29, 1.82) is 0 Å². The molecular weight excluding hydrogens is 270 g/mol. The van der Waals surface area contributed by atoms with Gasteiger partial charge in [-0.2, -0.15) is 0 Å². The molecule has 0 bridgehead atoms. The van der Waals surface area contributed by atoms with Crippen LogP contribution < -0.4 is 10.6 Å². The molecule has 1 aliphatic rings. The SMILES string of the molecule is CCNC(=NCCC1CCCO1)NCCc1cccs1. The lowest BCUT2D eigenvalue weighted by Crippen LogP contribution is -2.38. The van der Waals surface area contributed by atoms with E-state index >= 15 is 0 Å². The minimum atomic E-state index is 0.424. The van der Waals surface area contributed by atoms with Crippen molar-refractivity contribution in [1.82, 2.24) is 10.6 Å². The van der Waals surface area contributed by atoms with Gasteiger partial charge in [0.2, 0.25) is 0 Å². The number of hydrogen-bond donors (Lipinski definition) is 2. The summed E-state index contributed by atoms with van der Waals surface area (Å²) >= 11 is 1.81. The van der Waals surface area contributed by atoms with Crippen LogP contribution in [-0.2, 0) is 11.2 Å². The van der Waals surface area contributed by atoms with E-state index in [4.69, 9.17) is 4.74 Å². The molecule has 2 N–H and O–H groups in total. The molecule has 1 atom stereocenters. The molecule has 1 aromatic heterocycles. The third kappa shape index (κ3) is 5.51. The van der Waals surface area contributed by atoms with Crippen LogP contribution in [-0.4, -0.2) is 38.3 Å². The van der Waals surface area contributed by atoms with Crippen molar-refractivity contribution in [3.63, 3.8) is 0 Å². The highest BCUT2D eigenvalue weighted by atomic mass is 32.1. The second kappa shape index (κ2) is 8.97. The maximum atomic E-state index is 5.62. The molecule has 112 valence electrons. The highest BCUT2D eigenvalue weighted by molar-refractivity contribution is 7.09. The van der Waals surface area contributed by atoms with Crippen LogP contribution in [0.4, 0.5) is 0 Å². The van der Waals surface area contributed by atoms with Crippen molar-refractivity contribution in [2.75, 3.05) is 26.2 Å². The van der Waals surface area contributed by atoms with E-state index < -0.39 is 0 Å². The summed E-state index contributed by atoms with van der Waals surface area (Å²) in [7, 11) is 0. The number of nitrogens with one attached hydrogen (secondary N) is 2. The Balaban J connectivity index is 1.67. The molecule has 4 nitrogen and oxygen atoms in total. The van der Waals surface area contributed by atoms with Gasteiger partial charge in [0.1, 0.15) is 0 Å². The van der Waals surface area contributed by atoms with Gasteiger partial charge in [0, 0.05) is 31.1 Å². The molecule has 0 spiro atoms. The molecule has 0 saturated carbocycles. The average molecular weight is 295 g/mol. The first-order chi connectivity index (χ1) is 9.88. The smallest absolute Gasteiger partial charge is 0.191 e. The lowest BCUT2D eigenvalue weighted by Gasteiger charge is -2.12. The van der Waals surface area contributed by atoms with Crippen molar-refractivity contribution in [3.05, 3.63) is 22.4 Å². The van der Waals surface area contributed by atoms with Gasteiger partial charge in [-0.05, 0) is 44.1 Å². The van der Waals surface area contributed by atoms with Crippen LogP contribution in [0.15, 0.2) is 22.5 Å². The number of thiophene rings is 1. The second-order valence-electron chi connectivity index (χ2n) is 4.94. The third-order valence-corrected chi connectivity index (χ3v) is 4.27. The van der Waals surface area contributed by atoms with E-state index in [9.17, 15) is 0 Å². The Labute approximate surface area is 125 Å². The van der Waals surface area contributed by atoms with E-state index in [0.29, 0.717) is 6.10 Å². The summed E-state index contributed by atoms with van der Waals surface area (Å²) in [6.07, 6.45) is 4.90. The fraction of sp³-hybridized carbons (Fsp3) is 0.667. The Morgan fingerprint density at radius 1 is 1.50 bits per heavy atom. The zero-order valence-electron chi connectivity index (χ0n) is 12.2. The molecule has 1 fully saturated rings. The average Bonchev–Trinajstić information content (AvgIpc) is 3.11. The molecule has 5 heteroatoms. The van der Waals surface area contributed by atoms with Crippen LogP contribution in [0.1, 0.15) is 31.1 Å². The van der Waals surface area contributed by atoms with Gasteiger partial charge in [0.15, 0.2) is 5.96 Å². The van der Waals surface area contributed by atoms with E-state index in [-0.39, 0.29) is 0 Å². The molecule has 20 heavy (non-hydrogen) atoms. The molecule has 0 aliphatic carbocycles. The van der Waals surface area contributed by atoms with Gasteiger partial charge in [-0.15, -0.1) is 11.3 Å². The standard InChI is InChI=1S/C15H25N3OS/c1-2-16-15(17-9-7-13-5-3-11-19-13)18-10-8-14-6-4-12-20-14/h4,6,12-13H,2-3,5,7-11H2,1H3,(H2,16,17,18). The van der Waals surface area contributed by atoms with Crippen LogP contribution in [0.25, 0.3) is 0 Å². The maximum Gasteiger partial charge on any atom is 0.191 e. The van der Waals surface area contributed by atoms with E-state index in [2.05, 4.69) is 40.1 Å². The highest BCUT2D eigenvalue weighted by Gasteiger charge is 2.14. The molecule has 0 radical (unpaired) electrons. The molecule has 1 saturated heterocycles. The summed E-state index contributed by atoms with van der Waals surface area (Å²) in [4.78, 5) is 6.02. The summed E-state index contributed by atoms with van der Waals surface area (Å²) in [5.41, 5.74) is 0. The van der Waals surface area contributed by atoms with Crippen molar-refractivity contribution in [3.8, 4) is 0 Å². The molecule has 2 rings (SSSR count). The number of guanidine groups is 1. The minimum absolute atomic E-state index is 0.424. The first-order valence-corrected chi connectivity index (χ1v) is 8.42. The summed E-state index contributed by atoms with van der Waals surface area (Å²) in [5, 5.41) is 8.80. The number of rotatable bonds is 7. The van der Waals surface area contributed by atoms with Crippen LogP contribution in [0.2, 0.25) is 0 Å². The highest BCUT2D eigenvalue weighted by Crippen LogP contribution is 2.14. The maximum absolute atomic E-state index is 5.62. The molecular formula is C15H25N3OS. The molecule has 1 unspecified atom stereocenters. The zero-order chi connectivity index (χ0) is 14.0. The van der Waals surface area contributed by atoms with Crippen molar-refractivity contribution < 1.29 is 4.74 Å². The van der Waals surface area contributed by atoms with E-state index in [0.717, 1.165) is 45.0 Å². The number of ether oxygens (including phenoxy) is 1. The molecule has 0 amide bonds. The summed E-state index contributed by atoms with van der Waals surface area (Å²) < 4.78 is 5.62. The third-order valence-electron chi connectivity index (χ3n) is 3.33. The monoisotopic (exact) mass is 295 g/mol. The normalized spacial score (nSPS) is 19.2. The Kier molecular flexibility index (Phi) is 6.88. The van der Waals surface area contributed by atoms with Gasteiger partial charge < -0.3 is 15.4 Å². The Morgan fingerprint density at radius 3 is 3.15 bits per heavy atom. The predicted molar refractivity (Wildman–Crippen MR) is 85.6 cm³/mol. The van der Waals surface area contributed by atoms with Gasteiger partial charge in [0.25, 0.3) is 0 Å². The first-order valence-electron chi connectivity index (χ1n) is 7.54. The Bertz CT molecular complexity index is 386. The summed E-state index contributed by atoms with van der Waals surface area (Å²) in [6.45, 7) is 5.67. The van der Waals surface area contributed by atoms with Crippen LogP contribution >= 0.6 is 11.3 Å². The zero-order valence-corrected chi connectivity index (χ0v) is 13.0. The van der Waals surface area contributed by atoms with Gasteiger partial charge in [-0.1, -0.05) is 6.07 Å². The molecule has 1 aliphatic heterocycles. The van der Waals surface area contributed by atoms with Crippen molar-refractivity contribution in [2.45, 2.75) is 38.7 Å². The quantitative estimate of drug-likeness (QED) is 0.600. The Hall–Kier alpha value is -1.07. The summed E-state index contributed by atoms with van der Waals surface area (Å²) in [6, 6.07) is 4.27. The van der Waals surface area contributed by atoms with E-state index in [1.807, 2.05) is 0 Å².